The number of aromatic nitrogens is 2. The Labute approximate surface area is 244 Å². The molecular weight excluding hydrogens is 529 g/mol. The second kappa shape index (κ2) is 19.4. The highest BCUT2D eigenvalue weighted by Gasteiger charge is 2.43. The van der Waals surface area contributed by atoms with Crippen molar-refractivity contribution in [3.05, 3.63) is 34.7 Å². The Kier molecular flexibility index (Phi) is 16.3. The molecule has 10 heteroatoms. The minimum absolute atomic E-state index is 0.196. The van der Waals surface area contributed by atoms with Crippen LogP contribution in [-0.2, 0) is 19.0 Å². The number of hydrogen-bond donors (Lipinski definition) is 1. The first-order valence-corrected chi connectivity index (χ1v) is 15.4. The Bertz CT molecular complexity index is 1010. The molecule has 41 heavy (non-hydrogen) atoms. The van der Waals surface area contributed by atoms with E-state index in [1.165, 1.54) is 64.7 Å². The van der Waals surface area contributed by atoms with E-state index in [9.17, 15) is 18.8 Å². The van der Waals surface area contributed by atoms with Crippen LogP contribution in [0.15, 0.2) is 23.1 Å². The Morgan fingerprint density at radius 2 is 1.59 bits per heavy atom. The standard InChI is InChI=1S/C31H50FN3O6/c1-5-6-7-8-9-10-11-12-13-14-15-16-17-18-19-20-21-39-31(38)34-28-26(32)22-35(30(37)33-28)29-27(41-25(4)36)23(2)24(3)40-29/h12-13,22-24,27,29H,5-11,14-21H2,1-4H3,(H,33,34,37,38)/b13-12-. The van der Waals surface area contributed by atoms with Crippen LogP contribution >= 0.6 is 0 Å². The molecule has 2 rings (SSSR count). The fourth-order valence-electron chi connectivity index (χ4n) is 4.89. The van der Waals surface area contributed by atoms with E-state index in [1.807, 2.05) is 6.92 Å². The van der Waals surface area contributed by atoms with Crippen molar-refractivity contribution < 1.29 is 28.2 Å². The molecule has 1 aliphatic heterocycles. The van der Waals surface area contributed by atoms with Gasteiger partial charge in [-0.05, 0) is 39.0 Å². The smallest absolute Gasteiger partial charge is 0.412 e. The van der Waals surface area contributed by atoms with Crippen molar-refractivity contribution in [2.75, 3.05) is 11.9 Å². The number of ether oxygens (including phenoxy) is 3. The van der Waals surface area contributed by atoms with E-state index in [1.54, 1.807) is 6.92 Å². The van der Waals surface area contributed by atoms with Gasteiger partial charge in [0.05, 0.1) is 18.9 Å². The maximum absolute atomic E-state index is 14.7. The third kappa shape index (κ3) is 12.8. The molecule has 1 N–H and O–H groups in total. The van der Waals surface area contributed by atoms with Gasteiger partial charge in [-0.2, -0.15) is 4.98 Å². The largest absolute Gasteiger partial charge is 0.457 e. The zero-order valence-electron chi connectivity index (χ0n) is 25.4. The number of nitrogens with zero attached hydrogens (tertiary/aromatic N) is 2. The van der Waals surface area contributed by atoms with Crippen LogP contribution in [0, 0.1) is 11.7 Å². The number of hydrogen-bond acceptors (Lipinski definition) is 7. The molecule has 0 saturated carbocycles. The molecule has 0 aromatic carbocycles. The van der Waals surface area contributed by atoms with E-state index in [0.29, 0.717) is 6.42 Å². The maximum atomic E-state index is 14.7. The molecule has 1 aromatic rings. The highest BCUT2D eigenvalue weighted by atomic mass is 19.1. The summed E-state index contributed by atoms with van der Waals surface area (Å²) < 4.78 is 31.8. The molecular formula is C31H50FN3O6. The van der Waals surface area contributed by atoms with E-state index in [4.69, 9.17) is 14.2 Å². The monoisotopic (exact) mass is 579 g/mol. The molecule has 0 aliphatic carbocycles. The van der Waals surface area contributed by atoms with Gasteiger partial charge in [-0.3, -0.25) is 14.7 Å². The number of esters is 1. The minimum Gasteiger partial charge on any atom is -0.457 e. The summed E-state index contributed by atoms with van der Waals surface area (Å²) in [6, 6.07) is 0. The molecule has 0 radical (unpaired) electrons. The van der Waals surface area contributed by atoms with Crippen molar-refractivity contribution in [2.45, 2.75) is 136 Å². The summed E-state index contributed by atoms with van der Waals surface area (Å²) in [4.78, 5) is 39.8. The summed E-state index contributed by atoms with van der Waals surface area (Å²) in [5, 5.41) is 2.19. The van der Waals surface area contributed by atoms with Crippen LogP contribution < -0.4 is 11.0 Å². The number of unbranched alkanes of at least 4 members (excludes halogenated alkanes) is 12. The van der Waals surface area contributed by atoms with Crippen LogP contribution in [0.2, 0.25) is 0 Å². The zero-order chi connectivity index (χ0) is 30.0. The summed E-state index contributed by atoms with van der Waals surface area (Å²) >= 11 is 0. The highest BCUT2D eigenvalue weighted by Crippen LogP contribution is 2.35. The van der Waals surface area contributed by atoms with Crippen LogP contribution in [0.1, 0.15) is 124 Å². The van der Waals surface area contributed by atoms with Gasteiger partial charge in [0.2, 0.25) is 0 Å². The number of halogens is 1. The maximum Gasteiger partial charge on any atom is 0.412 e. The highest BCUT2D eigenvalue weighted by molar-refractivity contribution is 5.83. The van der Waals surface area contributed by atoms with Crippen LogP contribution in [0.4, 0.5) is 15.0 Å². The van der Waals surface area contributed by atoms with Crippen molar-refractivity contribution in [3.63, 3.8) is 0 Å². The average Bonchev–Trinajstić information content (AvgIpc) is 3.20. The van der Waals surface area contributed by atoms with Gasteiger partial charge in [0, 0.05) is 12.8 Å². The molecule has 1 aliphatic rings. The summed E-state index contributed by atoms with van der Waals surface area (Å²) in [5.74, 6) is -2.21. The van der Waals surface area contributed by atoms with E-state index in [0.717, 1.165) is 36.4 Å². The number of carbonyl (C=O) groups is 2. The van der Waals surface area contributed by atoms with Crippen LogP contribution in [0.3, 0.4) is 0 Å². The van der Waals surface area contributed by atoms with Crippen molar-refractivity contribution in [1.29, 1.82) is 0 Å². The molecule has 0 bridgehead atoms. The van der Waals surface area contributed by atoms with Crippen LogP contribution in [0.5, 0.6) is 0 Å². The third-order valence-corrected chi connectivity index (χ3v) is 7.49. The molecule has 1 fully saturated rings. The van der Waals surface area contributed by atoms with Crippen molar-refractivity contribution in [3.8, 4) is 0 Å². The predicted octanol–water partition coefficient (Wildman–Crippen LogP) is 7.45. The van der Waals surface area contributed by atoms with Crippen molar-refractivity contribution >= 4 is 17.9 Å². The van der Waals surface area contributed by atoms with Gasteiger partial charge in [0.25, 0.3) is 0 Å². The molecule has 1 amide bonds. The Morgan fingerprint density at radius 3 is 2.20 bits per heavy atom. The minimum atomic E-state index is -1.02. The Balaban J connectivity index is 1.60. The van der Waals surface area contributed by atoms with Crippen molar-refractivity contribution in [2.24, 2.45) is 5.92 Å². The molecule has 232 valence electrons. The molecule has 1 aromatic heterocycles. The Morgan fingerprint density at radius 1 is 1.00 bits per heavy atom. The quantitative estimate of drug-likeness (QED) is 0.103. The second-order valence-corrected chi connectivity index (χ2v) is 11.0. The topological polar surface area (TPSA) is 109 Å². The van der Waals surface area contributed by atoms with Gasteiger partial charge in [-0.1, -0.05) is 83.8 Å². The first-order chi connectivity index (χ1) is 19.7. The predicted molar refractivity (Wildman–Crippen MR) is 157 cm³/mol. The summed E-state index contributed by atoms with van der Waals surface area (Å²) in [5.41, 5.74) is -0.849. The summed E-state index contributed by atoms with van der Waals surface area (Å²) in [7, 11) is 0. The van der Waals surface area contributed by atoms with Gasteiger partial charge in [-0.15, -0.1) is 0 Å². The molecule has 9 nitrogen and oxygen atoms in total. The van der Waals surface area contributed by atoms with E-state index >= 15 is 0 Å². The first-order valence-electron chi connectivity index (χ1n) is 15.4. The fraction of sp³-hybridized carbons (Fsp3) is 0.742. The molecule has 2 heterocycles. The van der Waals surface area contributed by atoms with E-state index in [2.05, 4.69) is 29.4 Å². The number of carbonyl (C=O) groups excluding carboxylic acids is 2. The van der Waals surface area contributed by atoms with Crippen LogP contribution in [-0.4, -0.2) is 40.4 Å². The van der Waals surface area contributed by atoms with Crippen molar-refractivity contribution in [1.82, 2.24) is 9.55 Å². The van der Waals surface area contributed by atoms with E-state index in [-0.39, 0.29) is 18.6 Å². The number of allylic oxidation sites excluding steroid dienone is 2. The summed E-state index contributed by atoms with van der Waals surface area (Å²) in [6.45, 7) is 7.29. The molecule has 0 spiro atoms. The lowest BCUT2D eigenvalue weighted by atomic mass is 10.0. The number of rotatable bonds is 19. The third-order valence-electron chi connectivity index (χ3n) is 7.49. The van der Waals surface area contributed by atoms with E-state index < -0.39 is 41.7 Å². The first kappa shape index (κ1) is 34.5. The van der Waals surface area contributed by atoms with Gasteiger partial charge in [0.1, 0.15) is 0 Å². The molecule has 1 saturated heterocycles. The van der Waals surface area contributed by atoms with Gasteiger partial charge < -0.3 is 14.2 Å². The Hall–Kier alpha value is -2.75. The van der Waals surface area contributed by atoms with Gasteiger partial charge in [-0.25, -0.2) is 14.0 Å². The molecule has 4 atom stereocenters. The SMILES string of the molecule is CCCCCCCC/C=C\CCCCCCCCOC(=O)Nc1nc(=O)n(C2OC(C)C(C)C2OC(C)=O)cc1F. The zero-order valence-corrected chi connectivity index (χ0v) is 25.4. The lowest BCUT2D eigenvalue weighted by Crippen LogP contribution is -2.36. The summed E-state index contributed by atoms with van der Waals surface area (Å²) in [6.07, 6.45) is 19.1. The molecule has 4 unspecified atom stereocenters. The second-order valence-electron chi connectivity index (χ2n) is 11.0. The van der Waals surface area contributed by atoms with Gasteiger partial charge in [0.15, 0.2) is 24.0 Å². The lowest BCUT2D eigenvalue weighted by Gasteiger charge is -2.22. The average molecular weight is 580 g/mol. The van der Waals surface area contributed by atoms with Gasteiger partial charge >= 0.3 is 17.8 Å². The number of nitrogens with one attached hydrogen (secondary N) is 1. The number of amides is 1. The fourth-order valence-corrected chi connectivity index (χ4v) is 4.89. The lowest BCUT2D eigenvalue weighted by molar-refractivity contribution is -0.153. The van der Waals surface area contributed by atoms with Crippen LogP contribution in [0.25, 0.3) is 0 Å². The number of anilines is 1. The normalized spacial score (nSPS) is 20.4.